The van der Waals surface area contributed by atoms with Crippen molar-refractivity contribution in [1.29, 1.82) is 0 Å². The Balaban J connectivity index is 1.62. The maximum atomic E-state index is 13.2. The summed E-state index contributed by atoms with van der Waals surface area (Å²) in [5, 5.41) is 0. The van der Waals surface area contributed by atoms with Crippen LogP contribution in [-0.4, -0.2) is 70.7 Å². The van der Waals surface area contributed by atoms with E-state index in [1.165, 1.54) is 0 Å². The molecule has 1 unspecified atom stereocenters. The zero-order chi connectivity index (χ0) is 22.6. The highest BCUT2D eigenvalue weighted by molar-refractivity contribution is 5.93. The van der Waals surface area contributed by atoms with E-state index in [9.17, 15) is 14.4 Å². The van der Waals surface area contributed by atoms with Crippen LogP contribution < -0.4 is 0 Å². The van der Waals surface area contributed by atoms with Crippen LogP contribution in [0.5, 0.6) is 0 Å². The van der Waals surface area contributed by atoms with Crippen molar-refractivity contribution in [3.8, 4) is 0 Å². The van der Waals surface area contributed by atoms with Crippen molar-refractivity contribution in [2.75, 3.05) is 32.8 Å². The van der Waals surface area contributed by atoms with Gasteiger partial charge in [0.15, 0.2) is 0 Å². The molecule has 2 fully saturated rings. The lowest BCUT2D eigenvalue weighted by Gasteiger charge is -2.35. The van der Waals surface area contributed by atoms with Crippen LogP contribution in [0.2, 0.25) is 0 Å². The molecule has 0 aliphatic carbocycles. The summed E-state index contributed by atoms with van der Waals surface area (Å²) >= 11 is 0. The molecule has 31 heavy (non-hydrogen) atoms. The number of likely N-dealkylation sites (tertiary alicyclic amines) is 2. The highest BCUT2D eigenvalue weighted by Gasteiger charge is 2.33. The summed E-state index contributed by atoms with van der Waals surface area (Å²) in [4.78, 5) is 41.2. The Kier molecular flexibility index (Phi) is 7.28. The van der Waals surface area contributed by atoms with Crippen LogP contribution in [0.15, 0.2) is 18.3 Å². The van der Waals surface area contributed by atoms with Crippen molar-refractivity contribution in [1.82, 2.24) is 14.4 Å². The molecule has 0 spiro atoms. The second-order valence-electron chi connectivity index (χ2n) is 9.34. The summed E-state index contributed by atoms with van der Waals surface area (Å²) in [6, 6.07) is 3.88. The minimum atomic E-state index is -0.510. The van der Waals surface area contributed by atoms with E-state index < -0.39 is 5.60 Å². The topological polar surface area (TPSA) is 81.1 Å². The van der Waals surface area contributed by atoms with Gasteiger partial charge in [0.25, 0.3) is 5.91 Å². The van der Waals surface area contributed by atoms with Crippen LogP contribution in [0.4, 0.5) is 4.79 Å². The molecular formula is C23H35N3O5. The van der Waals surface area contributed by atoms with Gasteiger partial charge in [-0.15, -0.1) is 0 Å². The van der Waals surface area contributed by atoms with Crippen molar-refractivity contribution in [3.05, 3.63) is 24.0 Å². The zero-order valence-corrected chi connectivity index (χ0v) is 19.1. The van der Waals surface area contributed by atoms with Gasteiger partial charge < -0.3 is 23.8 Å². The number of piperidine rings is 2. The zero-order valence-electron chi connectivity index (χ0n) is 19.1. The third-order valence-electron chi connectivity index (χ3n) is 5.84. The van der Waals surface area contributed by atoms with Gasteiger partial charge in [-0.2, -0.15) is 0 Å². The van der Waals surface area contributed by atoms with E-state index in [1.807, 2.05) is 43.7 Å². The van der Waals surface area contributed by atoms with Gasteiger partial charge in [0.1, 0.15) is 11.3 Å². The average molecular weight is 434 g/mol. The van der Waals surface area contributed by atoms with E-state index in [0.29, 0.717) is 38.5 Å². The van der Waals surface area contributed by atoms with Gasteiger partial charge >= 0.3 is 12.1 Å². The van der Waals surface area contributed by atoms with Gasteiger partial charge in [-0.05, 0) is 65.5 Å². The smallest absolute Gasteiger partial charge is 0.410 e. The van der Waals surface area contributed by atoms with Crippen LogP contribution in [0, 0.1) is 5.92 Å². The number of esters is 1. The summed E-state index contributed by atoms with van der Waals surface area (Å²) in [6.07, 6.45) is 4.73. The standard InChI is InChI=1S/C23H35N3O5/c1-5-30-21(28)17-8-6-12-25(16-17)20(27)19-9-7-13-26(19)18-10-14-24(15-11-18)22(29)31-23(2,3)4/h7,9,13,17-18H,5-6,8,10-12,14-16H2,1-4H3. The van der Waals surface area contributed by atoms with E-state index in [4.69, 9.17) is 9.47 Å². The molecule has 2 saturated heterocycles. The molecule has 1 aromatic rings. The monoisotopic (exact) mass is 433 g/mol. The maximum absolute atomic E-state index is 13.2. The number of ether oxygens (including phenoxy) is 2. The molecular weight excluding hydrogens is 398 g/mol. The van der Waals surface area contributed by atoms with Crippen LogP contribution in [0.3, 0.4) is 0 Å². The molecule has 3 rings (SSSR count). The van der Waals surface area contributed by atoms with Crippen molar-refractivity contribution < 1.29 is 23.9 Å². The number of nitrogens with zero attached hydrogens (tertiary/aromatic N) is 3. The molecule has 2 aliphatic heterocycles. The molecule has 1 aromatic heterocycles. The van der Waals surface area contributed by atoms with Gasteiger partial charge in [0.2, 0.25) is 0 Å². The lowest BCUT2D eigenvalue weighted by atomic mass is 9.98. The molecule has 2 amide bonds. The lowest BCUT2D eigenvalue weighted by molar-refractivity contribution is -0.149. The summed E-state index contributed by atoms with van der Waals surface area (Å²) < 4.78 is 12.7. The number of aromatic nitrogens is 1. The largest absolute Gasteiger partial charge is 0.466 e. The Labute approximate surface area is 184 Å². The molecule has 172 valence electrons. The molecule has 1 atom stereocenters. The number of rotatable bonds is 4. The molecule has 2 aliphatic rings. The van der Waals surface area contributed by atoms with Crippen LogP contribution in [0.1, 0.15) is 69.9 Å². The SMILES string of the molecule is CCOC(=O)C1CCCN(C(=O)c2cccn2C2CCN(C(=O)OC(C)(C)C)CC2)C1. The summed E-state index contributed by atoms with van der Waals surface area (Å²) in [6.45, 7) is 9.99. The van der Waals surface area contributed by atoms with Crippen molar-refractivity contribution in [3.63, 3.8) is 0 Å². The first-order valence-electron chi connectivity index (χ1n) is 11.3. The number of carbonyl (C=O) groups excluding carboxylic acids is 3. The lowest BCUT2D eigenvalue weighted by Crippen LogP contribution is -2.44. The molecule has 0 radical (unpaired) electrons. The predicted molar refractivity (Wildman–Crippen MR) is 116 cm³/mol. The molecule has 0 N–H and O–H groups in total. The summed E-state index contributed by atoms with van der Waals surface area (Å²) in [7, 11) is 0. The first-order valence-corrected chi connectivity index (χ1v) is 11.3. The molecule has 8 heteroatoms. The Morgan fingerprint density at radius 1 is 1.06 bits per heavy atom. The summed E-state index contributed by atoms with van der Waals surface area (Å²) in [5.74, 6) is -0.517. The van der Waals surface area contributed by atoms with Gasteiger partial charge in [-0.25, -0.2) is 4.79 Å². The highest BCUT2D eigenvalue weighted by Crippen LogP contribution is 2.27. The van der Waals surface area contributed by atoms with Crippen LogP contribution in [-0.2, 0) is 14.3 Å². The number of amides is 2. The van der Waals surface area contributed by atoms with Gasteiger partial charge in [-0.3, -0.25) is 9.59 Å². The Bertz CT molecular complexity index is 789. The van der Waals surface area contributed by atoms with Crippen molar-refractivity contribution in [2.24, 2.45) is 5.92 Å². The third-order valence-corrected chi connectivity index (χ3v) is 5.84. The van der Waals surface area contributed by atoms with Crippen LogP contribution >= 0.6 is 0 Å². The predicted octanol–water partition coefficient (Wildman–Crippen LogP) is 3.48. The third kappa shape index (κ3) is 5.80. The van der Waals surface area contributed by atoms with E-state index in [0.717, 1.165) is 25.7 Å². The van der Waals surface area contributed by atoms with E-state index in [2.05, 4.69) is 0 Å². The quantitative estimate of drug-likeness (QED) is 0.679. The highest BCUT2D eigenvalue weighted by atomic mass is 16.6. The molecule has 3 heterocycles. The van der Waals surface area contributed by atoms with Crippen molar-refractivity contribution >= 4 is 18.0 Å². The number of hydrogen-bond donors (Lipinski definition) is 0. The minimum absolute atomic E-state index is 0.0476. The van der Waals surface area contributed by atoms with Gasteiger partial charge in [0, 0.05) is 38.4 Å². The fraction of sp³-hybridized carbons (Fsp3) is 0.696. The van der Waals surface area contributed by atoms with Gasteiger partial charge in [-0.1, -0.05) is 0 Å². The fourth-order valence-corrected chi connectivity index (χ4v) is 4.32. The number of carbonyl (C=O) groups is 3. The van der Waals surface area contributed by atoms with E-state index in [1.54, 1.807) is 16.7 Å². The Hall–Kier alpha value is -2.51. The van der Waals surface area contributed by atoms with Gasteiger partial charge in [0.05, 0.1) is 12.5 Å². The molecule has 0 aromatic carbocycles. The Morgan fingerprint density at radius 3 is 2.42 bits per heavy atom. The van der Waals surface area contributed by atoms with E-state index >= 15 is 0 Å². The first-order chi connectivity index (χ1) is 14.7. The van der Waals surface area contributed by atoms with Crippen LogP contribution in [0.25, 0.3) is 0 Å². The maximum Gasteiger partial charge on any atom is 0.410 e. The normalized spacial score (nSPS) is 20.5. The fourth-order valence-electron chi connectivity index (χ4n) is 4.32. The summed E-state index contributed by atoms with van der Waals surface area (Å²) in [5.41, 5.74) is 0.129. The molecule has 0 saturated carbocycles. The Morgan fingerprint density at radius 2 is 1.77 bits per heavy atom. The molecule has 8 nitrogen and oxygen atoms in total. The second kappa shape index (κ2) is 9.75. The van der Waals surface area contributed by atoms with Crippen molar-refractivity contribution in [2.45, 2.75) is 65.0 Å². The first kappa shape index (κ1) is 23.2. The molecule has 0 bridgehead atoms. The average Bonchev–Trinajstić information content (AvgIpc) is 3.22. The number of hydrogen-bond acceptors (Lipinski definition) is 5. The van der Waals surface area contributed by atoms with E-state index in [-0.39, 0.29) is 29.9 Å². The minimum Gasteiger partial charge on any atom is -0.466 e. The second-order valence-corrected chi connectivity index (χ2v) is 9.34.